The topological polar surface area (TPSA) is 66.4 Å². The van der Waals surface area contributed by atoms with Crippen molar-refractivity contribution in [3.05, 3.63) is 30.1 Å². The zero-order valence-electron chi connectivity index (χ0n) is 13.0. The average Bonchev–Trinajstić information content (AvgIpc) is 2.43. The molecule has 0 radical (unpaired) electrons. The lowest BCUT2D eigenvalue weighted by molar-refractivity contribution is -0.161. The maximum absolute atomic E-state index is 13.0. The number of benzene rings is 1. The summed E-state index contributed by atoms with van der Waals surface area (Å²) in [7, 11) is -3.64. The number of nitrogens with one attached hydrogen (secondary N) is 1. The highest BCUT2D eigenvalue weighted by atomic mass is 32.2. The minimum absolute atomic E-state index is 0.0855. The van der Waals surface area contributed by atoms with Gasteiger partial charge in [-0.25, -0.2) is 17.5 Å². The highest BCUT2D eigenvalue weighted by Gasteiger charge is 2.57. The second kappa shape index (κ2) is 5.01. The number of hydrogen-bond donors (Lipinski definition) is 2. The third-order valence-electron chi connectivity index (χ3n) is 5.91. The summed E-state index contributed by atoms with van der Waals surface area (Å²) in [6.07, 6.45) is 5.61. The molecule has 4 saturated carbocycles. The van der Waals surface area contributed by atoms with Gasteiger partial charge in [0.1, 0.15) is 5.82 Å². The molecule has 4 fully saturated rings. The summed E-state index contributed by atoms with van der Waals surface area (Å²) in [4.78, 5) is 0.0855. The molecule has 0 heterocycles. The van der Waals surface area contributed by atoms with Crippen molar-refractivity contribution in [3.8, 4) is 0 Å². The van der Waals surface area contributed by atoms with Gasteiger partial charge in [0.2, 0.25) is 10.0 Å². The summed E-state index contributed by atoms with van der Waals surface area (Å²) < 4.78 is 40.5. The van der Waals surface area contributed by atoms with Crippen LogP contribution in [0, 0.1) is 23.1 Å². The van der Waals surface area contributed by atoms with Crippen LogP contribution in [0.15, 0.2) is 29.2 Å². The lowest BCUT2D eigenvalue weighted by Gasteiger charge is -2.60. The number of hydrogen-bond acceptors (Lipinski definition) is 3. The van der Waals surface area contributed by atoms with E-state index in [1.165, 1.54) is 18.6 Å². The normalized spacial score (nSPS) is 38.9. The molecule has 1 aromatic carbocycles. The van der Waals surface area contributed by atoms with Crippen molar-refractivity contribution in [1.29, 1.82) is 0 Å². The van der Waals surface area contributed by atoms with Gasteiger partial charge in [-0.05, 0) is 80.0 Å². The van der Waals surface area contributed by atoms with Gasteiger partial charge in [-0.15, -0.1) is 0 Å². The van der Waals surface area contributed by atoms with Crippen LogP contribution in [0.1, 0.15) is 38.5 Å². The SMILES string of the molecule is O=S(=O)(NCC12CC3CC(CC(O)(C3)C1)C2)c1ccc(F)cc1. The van der Waals surface area contributed by atoms with Crippen molar-refractivity contribution in [1.82, 2.24) is 4.72 Å². The van der Waals surface area contributed by atoms with Crippen LogP contribution < -0.4 is 4.72 Å². The molecule has 2 N–H and O–H groups in total. The van der Waals surface area contributed by atoms with Crippen LogP contribution in [-0.2, 0) is 10.0 Å². The van der Waals surface area contributed by atoms with Crippen LogP contribution in [0.25, 0.3) is 0 Å². The molecule has 0 amide bonds. The summed E-state index contributed by atoms with van der Waals surface area (Å²) in [6, 6.07) is 4.87. The Morgan fingerprint density at radius 1 is 1.13 bits per heavy atom. The molecular weight excluding hydrogens is 317 g/mol. The van der Waals surface area contributed by atoms with Gasteiger partial charge >= 0.3 is 0 Å². The van der Waals surface area contributed by atoms with Crippen LogP contribution >= 0.6 is 0 Å². The smallest absolute Gasteiger partial charge is 0.240 e. The quantitative estimate of drug-likeness (QED) is 0.885. The second-order valence-corrected chi connectivity index (χ2v) is 9.73. The monoisotopic (exact) mass is 339 g/mol. The lowest BCUT2D eigenvalue weighted by Crippen LogP contribution is -2.58. The van der Waals surface area contributed by atoms with Gasteiger partial charge in [0, 0.05) is 6.54 Å². The van der Waals surface area contributed by atoms with Gasteiger partial charge in [-0.2, -0.15) is 0 Å². The van der Waals surface area contributed by atoms with Crippen molar-refractivity contribution in [2.24, 2.45) is 17.3 Å². The lowest BCUT2D eigenvalue weighted by atomic mass is 9.48. The highest BCUT2D eigenvalue weighted by molar-refractivity contribution is 7.89. The zero-order valence-corrected chi connectivity index (χ0v) is 13.8. The first-order chi connectivity index (χ1) is 10.8. The summed E-state index contributed by atoms with van der Waals surface area (Å²) in [5, 5.41) is 10.7. The van der Waals surface area contributed by atoms with Crippen LogP contribution in [-0.4, -0.2) is 25.7 Å². The molecule has 1 aromatic rings. The number of sulfonamides is 1. The van der Waals surface area contributed by atoms with E-state index in [1.807, 2.05) is 0 Å². The Hall–Kier alpha value is -0.980. The number of halogens is 1. The Bertz CT molecular complexity index is 702. The van der Waals surface area contributed by atoms with Gasteiger partial charge < -0.3 is 5.11 Å². The van der Waals surface area contributed by atoms with Crippen molar-refractivity contribution in [3.63, 3.8) is 0 Å². The first-order valence-corrected chi connectivity index (χ1v) is 9.74. The maximum Gasteiger partial charge on any atom is 0.240 e. The second-order valence-electron chi connectivity index (χ2n) is 7.96. The highest BCUT2D eigenvalue weighted by Crippen LogP contribution is 2.61. The fraction of sp³-hybridized carbons (Fsp3) is 0.647. The first kappa shape index (κ1) is 15.5. The molecule has 0 aromatic heterocycles. The van der Waals surface area contributed by atoms with E-state index < -0.39 is 21.4 Å². The molecular formula is C17H22FNO3S. The van der Waals surface area contributed by atoms with Gasteiger partial charge in [-0.3, -0.25) is 0 Å². The van der Waals surface area contributed by atoms with E-state index in [0.717, 1.165) is 37.8 Å². The van der Waals surface area contributed by atoms with Crippen molar-refractivity contribution >= 4 is 10.0 Å². The summed E-state index contributed by atoms with van der Waals surface area (Å²) in [5.41, 5.74) is -0.711. The minimum Gasteiger partial charge on any atom is -0.390 e. The van der Waals surface area contributed by atoms with Crippen LogP contribution in [0.5, 0.6) is 0 Å². The molecule has 0 aliphatic heterocycles. The van der Waals surface area contributed by atoms with Gasteiger partial charge in [0.05, 0.1) is 10.5 Å². The molecule has 4 bridgehead atoms. The van der Waals surface area contributed by atoms with E-state index in [0.29, 0.717) is 24.8 Å². The molecule has 0 spiro atoms. The standard InChI is InChI=1S/C17H22FNO3S/c18-14-1-3-15(4-2-14)23(21,22)19-11-16-6-12-5-13(7-16)9-17(20,8-12)10-16/h1-4,12-13,19-20H,5-11H2. The zero-order chi connectivity index (χ0) is 16.3. The third-order valence-corrected chi connectivity index (χ3v) is 7.33. The van der Waals surface area contributed by atoms with Gasteiger partial charge in [0.25, 0.3) is 0 Å². The van der Waals surface area contributed by atoms with Crippen LogP contribution in [0.4, 0.5) is 4.39 Å². The molecule has 6 heteroatoms. The van der Waals surface area contributed by atoms with Crippen molar-refractivity contribution < 1.29 is 17.9 Å². The minimum atomic E-state index is -3.64. The van der Waals surface area contributed by atoms with E-state index in [4.69, 9.17) is 0 Å². The molecule has 4 aliphatic carbocycles. The Kier molecular flexibility index (Phi) is 3.38. The van der Waals surface area contributed by atoms with E-state index >= 15 is 0 Å². The third kappa shape index (κ3) is 2.81. The van der Waals surface area contributed by atoms with E-state index in [9.17, 15) is 17.9 Å². The van der Waals surface area contributed by atoms with Crippen LogP contribution in [0.2, 0.25) is 0 Å². The van der Waals surface area contributed by atoms with Crippen LogP contribution in [0.3, 0.4) is 0 Å². The summed E-state index contributed by atoms with van der Waals surface area (Å²) in [5.74, 6) is 0.598. The predicted molar refractivity (Wildman–Crippen MR) is 83.7 cm³/mol. The molecule has 5 rings (SSSR count). The Labute approximate surface area is 136 Å². The number of aliphatic hydroxyl groups is 1. The molecule has 4 nitrogen and oxygen atoms in total. The Balaban J connectivity index is 1.51. The van der Waals surface area contributed by atoms with Gasteiger partial charge in [-0.1, -0.05) is 0 Å². The predicted octanol–water partition coefficient (Wildman–Crippen LogP) is 2.44. The Morgan fingerprint density at radius 2 is 1.74 bits per heavy atom. The molecule has 2 unspecified atom stereocenters. The molecule has 0 saturated heterocycles. The van der Waals surface area contributed by atoms with Crippen molar-refractivity contribution in [2.45, 2.75) is 49.0 Å². The largest absolute Gasteiger partial charge is 0.390 e. The molecule has 23 heavy (non-hydrogen) atoms. The fourth-order valence-corrected chi connectivity index (χ4v) is 6.71. The van der Waals surface area contributed by atoms with Gasteiger partial charge in [0.15, 0.2) is 0 Å². The van der Waals surface area contributed by atoms with Crippen molar-refractivity contribution in [2.75, 3.05) is 6.54 Å². The fourth-order valence-electron chi connectivity index (χ4n) is 5.55. The summed E-state index contributed by atoms with van der Waals surface area (Å²) in [6.45, 7) is 0.363. The maximum atomic E-state index is 13.0. The number of rotatable bonds is 4. The van der Waals surface area contributed by atoms with E-state index in [-0.39, 0.29) is 10.3 Å². The molecule has 4 aliphatic rings. The summed E-state index contributed by atoms with van der Waals surface area (Å²) >= 11 is 0. The first-order valence-electron chi connectivity index (χ1n) is 8.25. The Morgan fingerprint density at radius 3 is 2.30 bits per heavy atom. The molecule has 2 atom stereocenters. The average molecular weight is 339 g/mol. The molecule has 126 valence electrons. The van der Waals surface area contributed by atoms with E-state index in [1.54, 1.807) is 0 Å². The van der Waals surface area contributed by atoms with E-state index in [2.05, 4.69) is 4.72 Å².